The zero-order valence-corrected chi connectivity index (χ0v) is 14.6. The first-order valence-electron chi connectivity index (χ1n) is 8.20. The smallest absolute Gasteiger partial charge is 0.241 e. The molecule has 0 saturated carbocycles. The molecule has 0 bridgehead atoms. The van der Waals surface area contributed by atoms with Gasteiger partial charge in [-0.2, -0.15) is 0 Å². The number of carbonyl (C=O) groups excluding carboxylic acids is 1. The molecule has 0 aromatic heterocycles. The van der Waals surface area contributed by atoms with Gasteiger partial charge in [0, 0.05) is 42.9 Å². The highest BCUT2D eigenvalue weighted by molar-refractivity contribution is 6.30. The van der Waals surface area contributed by atoms with Crippen LogP contribution in [0.15, 0.2) is 24.3 Å². The van der Waals surface area contributed by atoms with Crippen molar-refractivity contribution in [2.45, 2.75) is 32.4 Å². The predicted octanol–water partition coefficient (Wildman–Crippen LogP) is 2.06. The van der Waals surface area contributed by atoms with Gasteiger partial charge in [0.05, 0.1) is 12.6 Å². The minimum atomic E-state index is -0.190. The van der Waals surface area contributed by atoms with E-state index in [1.54, 1.807) is 12.1 Å². The summed E-state index contributed by atoms with van der Waals surface area (Å²) in [4.78, 5) is 16.9. The first-order valence-corrected chi connectivity index (χ1v) is 8.58. The minimum absolute atomic E-state index is 0.0186. The number of carbonyl (C=O) groups is 1. The van der Waals surface area contributed by atoms with Gasteiger partial charge in [0.15, 0.2) is 0 Å². The van der Waals surface area contributed by atoms with Gasteiger partial charge in [-0.05, 0) is 31.5 Å². The molecule has 2 unspecified atom stereocenters. The van der Waals surface area contributed by atoms with E-state index in [0.29, 0.717) is 5.02 Å². The summed E-state index contributed by atoms with van der Waals surface area (Å²) in [5.41, 5.74) is 0.722. The quantitative estimate of drug-likeness (QED) is 0.833. The van der Waals surface area contributed by atoms with Crippen LogP contribution >= 0.6 is 11.6 Å². The average molecular weight is 340 g/mol. The normalized spacial score (nSPS) is 19.3. The lowest BCUT2D eigenvalue weighted by atomic mass is 10.1. The van der Waals surface area contributed by atoms with Crippen LogP contribution in [0.1, 0.15) is 20.3 Å². The topological polar surface area (TPSA) is 55.8 Å². The summed E-state index contributed by atoms with van der Waals surface area (Å²) >= 11 is 5.94. The van der Waals surface area contributed by atoms with E-state index in [2.05, 4.69) is 22.0 Å². The lowest BCUT2D eigenvalue weighted by Crippen LogP contribution is -2.55. The average Bonchev–Trinajstić information content (AvgIpc) is 2.56. The zero-order valence-electron chi connectivity index (χ0n) is 13.8. The van der Waals surface area contributed by atoms with Crippen LogP contribution in [-0.4, -0.2) is 65.7 Å². The number of anilines is 1. The van der Waals surface area contributed by atoms with Crippen LogP contribution in [0.3, 0.4) is 0 Å². The maximum atomic E-state index is 12.4. The number of nitrogens with zero attached hydrogens (tertiary/aromatic N) is 2. The third kappa shape index (κ3) is 4.91. The molecule has 128 valence electrons. The second-order valence-electron chi connectivity index (χ2n) is 5.99. The molecule has 2 N–H and O–H groups in total. The molecular weight excluding hydrogens is 314 g/mol. The first-order chi connectivity index (χ1) is 11.0. The fraction of sp³-hybridized carbons (Fsp3) is 0.588. The number of aliphatic hydroxyl groups excluding tert-OH is 1. The van der Waals surface area contributed by atoms with Crippen molar-refractivity contribution in [1.29, 1.82) is 0 Å². The Kier molecular flexibility index (Phi) is 6.84. The third-order valence-electron chi connectivity index (χ3n) is 4.57. The van der Waals surface area contributed by atoms with Crippen molar-refractivity contribution in [1.82, 2.24) is 9.80 Å². The number of piperazine rings is 1. The van der Waals surface area contributed by atoms with E-state index in [1.807, 2.05) is 19.1 Å². The van der Waals surface area contributed by atoms with Crippen LogP contribution in [0.5, 0.6) is 0 Å². The summed E-state index contributed by atoms with van der Waals surface area (Å²) < 4.78 is 0. The molecule has 23 heavy (non-hydrogen) atoms. The van der Waals surface area contributed by atoms with Crippen LogP contribution in [0, 0.1) is 0 Å². The summed E-state index contributed by atoms with van der Waals surface area (Å²) in [6.45, 7) is 7.65. The Morgan fingerprint density at radius 1 is 1.30 bits per heavy atom. The fourth-order valence-corrected chi connectivity index (χ4v) is 3.16. The van der Waals surface area contributed by atoms with Gasteiger partial charge in [0.1, 0.15) is 0 Å². The van der Waals surface area contributed by atoms with Gasteiger partial charge in [-0.25, -0.2) is 0 Å². The number of amides is 1. The standard InChI is InChI=1S/C17H26ClN3O2/c1-3-16(12-22)21-9-7-20(8-10-21)13(2)17(23)19-15-6-4-5-14(18)11-15/h4-6,11,13,16,22H,3,7-10,12H2,1-2H3,(H,19,23). The summed E-state index contributed by atoms with van der Waals surface area (Å²) in [5, 5.41) is 12.9. The SMILES string of the molecule is CCC(CO)N1CCN(C(C)C(=O)Nc2cccc(Cl)c2)CC1. The molecule has 1 amide bonds. The highest BCUT2D eigenvalue weighted by Gasteiger charge is 2.27. The Hall–Kier alpha value is -1.14. The number of nitrogens with one attached hydrogen (secondary N) is 1. The Morgan fingerprint density at radius 3 is 2.52 bits per heavy atom. The second-order valence-corrected chi connectivity index (χ2v) is 6.43. The van der Waals surface area contributed by atoms with Crippen LogP contribution in [0.25, 0.3) is 0 Å². The Balaban J connectivity index is 1.86. The van der Waals surface area contributed by atoms with E-state index in [0.717, 1.165) is 38.3 Å². The number of benzene rings is 1. The van der Waals surface area contributed by atoms with E-state index in [1.165, 1.54) is 0 Å². The van der Waals surface area contributed by atoms with Gasteiger partial charge in [-0.15, -0.1) is 0 Å². The molecule has 0 radical (unpaired) electrons. The number of hydrogen-bond donors (Lipinski definition) is 2. The molecule has 1 heterocycles. The van der Waals surface area contributed by atoms with E-state index >= 15 is 0 Å². The van der Waals surface area contributed by atoms with Gasteiger partial charge in [0.2, 0.25) is 5.91 Å². The fourth-order valence-electron chi connectivity index (χ4n) is 2.97. The number of hydrogen-bond acceptors (Lipinski definition) is 4. The highest BCUT2D eigenvalue weighted by Crippen LogP contribution is 2.16. The second kappa shape index (κ2) is 8.64. The van der Waals surface area contributed by atoms with Crippen LogP contribution < -0.4 is 5.32 Å². The van der Waals surface area contributed by atoms with Gasteiger partial charge in [-0.3, -0.25) is 14.6 Å². The van der Waals surface area contributed by atoms with Crippen molar-refractivity contribution in [2.24, 2.45) is 0 Å². The van der Waals surface area contributed by atoms with Crippen molar-refractivity contribution in [3.8, 4) is 0 Å². The molecule has 5 nitrogen and oxygen atoms in total. The molecule has 0 spiro atoms. The number of rotatable bonds is 6. The molecule has 1 aliphatic heterocycles. The van der Waals surface area contributed by atoms with Gasteiger partial charge >= 0.3 is 0 Å². The molecule has 0 aliphatic carbocycles. The van der Waals surface area contributed by atoms with Crippen molar-refractivity contribution >= 4 is 23.2 Å². The molecule has 1 saturated heterocycles. The van der Waals surface area contributed by atoms with Crippen molar-refractivity contribution in [3.05, 3.63) is 29.3 Å². The monoisotopic (exact) mass is 339 g/mol. The van der Waals surface area contributed by atoms with Crippen LogP contribution in [0.4, 0.5) is 5.69 Å². The molecule has 2 atom stereocenters. The molecule has 2 rings (SSSR count). The molecular formula is C17H26ClN3O2. The lowest BCUT2D eigenvalue weighted by Gasteiger charge is -2.40. The Morgan fingerprint density at radius 2 is 1.96 bits per heavy atom. The van der Waals surface area contributed by atoms with E-state index in [4.69, 9.17) is 11.6 Å². The summed E-state index contributed by atoms with van der Waals surface area (Å²) in [7, 11) is 0. The molecule has 6 heteroatoms. The zero-order chi connectivity index (χ0) is 16.8. The van der Waals surface area contributed by atoms with Crippen molar-refractivity contribution in [3.63, 3.8) is 0 Å². The van der Waals surface area contributed by atoms with E-state index in [-0.39, 0.29) is 24.6 Å². The maximum Gasteiger partial charge on any atom is 0.241 e. The Labute approximate surface area is 143 Å². The lowest BCUT2D eigenvalue weighted by molar-refractivity contribution is -0.121. The number of aliphatic hydroxyl groups is 1. The highest BCUT2D eigenvalue weighted by atomic mass is 35.5. The van der Waals surface area contributed by atoms with Gasteiger partial charge < -0.3 is 10.4 Å². The Bertz CT molecular complexity index is 514. The van der Waals surface area contributed by atoms with Crippen LogP contribution in [0.2, 0.25) is 5.02 Å². The third-order valence-corrected chi connectivity index (χ3v) is 4.80. The van der Waals surface area contributed by atoms with Gasteiger partial charge in [-0.1, -0.05) is 24.6 Å². The molecule has 1 aromatic rings. The largest absolute Gasteiger partial charge is 0.395 e. The maximum absolute atomic E-state index is 12.4. The molecule has 1 aliphatic rings. The first kappa shape index (κ1) is 18.2. The van der Waals surface area contributed by atoms with E-state index < -0.39 is 0 Å². The summed E-state index contributed by atoms with van der Waals surface area (Å²) in [5.74, 6) is -0.0186. The minimum Gasteiger partial charge on any atom is -0.395 e. The van der Waals surface area contributed by atoms with E-state index in [9.17, 15) is 9.90 Å². The predicted molar refractivity (Wildman–Crippen MR) is 93.9 cm³/mol. The van der Waals surface area contributed by atoms with Gasteiger partial charge in [0.25, 0.3) is 0 Å². The van der Waals surface area contributed by atoms with Crippen molar-refractivity contribution < 1.29 is 9.90 Å². The van der Waals surface area contributed by atoms with Crippen LogP contribution in [-0.2, 0) is 4.79 Å². The molecule has 1 fully saturated rings. The number of halogens is 1. The summed E-state index contributed by atoms with van der Waals surface area (Å²) in [6, 6.07) is 7.23. The molecule has 1 aromatic carbocycles. The summed E-state index contributed by atoms with van der Waals surface area (Å²) in [6.07, 6.45) is 0.946. The van der Waals surface area contributed by atoms with Crippen molar-refractivity contribution in [2.75, 3.05) is 38.1 Å².